The van der Waals surface area contributed by atoms with Crippen LogP contribution in [0.2, 0.25) is 0 Å². The van der Waals surface area contributed by atoms with E-state index in [1.807, 2.05) is 44.2 Å². The van der Waals surface area contributed by atoms with Gasteiger partial charge in [0.25, 0.3) is 0 Å². The van der Waals surface area contributed by atoms with Crippen LogP contribution in [0.5, 0.6) is 5.75 Å². The van der Waals surface area contributed by atoms with Gasteiger partial charge in [0.15, 0.2) is 0 Å². The highest BCUT2D eigenvalue weighted by Gasteiger charge is 2.22. The lowest BCUT2D eigenvalue weighted by molar-refractivity contribution is -0.120. The predicted molar refractivity (Wildman–Crippen MR) is 135 cm³/mol. The van der Waals surface area contributed by atoms with Gasteiger partial charge in [-0.25, -0.2) is 4.39 Å². The third kappa shape index (κ3) is 4.69. The molecule has 5 nitrogen and oxygen atoms in total. The van der Waals surface area contributed by atoms with Crippen LogP contribution in [0, 0.1) is 25.6 Å². The minimum atomic E-state index is -0.375. The third-order valence-electron chi connectivity index (χ3n) is 6.82. The molecule has 0 atom stereocenters. The molecule has 4 N–H and O–H groups in total. The summed E-state index contributed by atoms with van der Waals surface area (Å²) >= 11 is 0. The molecule has 178 valence electrons. The average Bonchev–Trinajstić information content (AvgIpc) is 2.85. The number of carbonyl (C=O) groups is 1. The maximum absolute atomic E-state index is 14.7. The van der Waals surface area contributed by atoms with Crippen molar-refractivity contribution >= 4 is 11.6 Å². The van der Waals surface area contributed by atoms with Crippen LogP contribution in [0.3, 0.4) is 0 Å². The summed E-state index contributed by atoms with van der Waals surface area (Å²) in [4.78, 5) is 12.8. The number of anilines is 1. The molecular formula is C28H32FN3O2. The SMILES string of the molecule is COc1cc(-c2cccc(-c3cccc(NC(=O)C4CCNCC4)c3C)c2C)cc(F)c1CN. The van der Waals surface area contributed by atoms with Crippen molar-refractivity contribution in [2.45, 2.75) is 33.2 Å². The van der Waals surface area contributed by atoms with E-state index in [9.17, 15) is 9.18 Å². The average molecular weight is 462 g/mol. The highest BCUT2D eigenvalue weighted by molar-refractivity contribution is 5.95. The van der Waals surface area contributed by atoms with Gasteiger partial charge in [0, 0.05) is 23.7 Å². The van der Waals surface area contributed by atoms with Crippen LogP contribution in [0.1, 0.15) is 29.5 Å². The van der Waals surface area contributed by atoms with E-state index >= 15 is 0 Å². The van der Waals surface area contributed by atoms with Crippen molar-refractivity contribution in [2.24, 2.45) is 11.7 Å². The molecule has 1 fully saturated rings. The second-order valence-corrected chi connectivity index (χ2v) is 8.81. The first kappa shape index (κ1) is 23.9. The third-order valence-corrected chi connectivity index (χ3v) is 6.82. The summed E-state index contributed by atoms with van der Waals surface area (Å²) in [5.74, 6) is 0.187. The van der Waals surface area contributed by atoms with Crippen LogP contribution in [-0.4, -0.2) is 26.1 Å². The number of carbonyl (C=O) groups excluding carboxylic acids is 1. The van der Waals surface area contributed by atoms with Gasteiger partial charge in [-0.05, 0) is 91.4 Å². The second-order valence-electron chi connectivity index (χ2n) is 8.81. The molecule has 4 rings (SSSR count). The Hall–Kier alpha value is -3.22. The quantitative estimate of drug-likeness (QED) is 0.473. The van der Waals surface area contributed by atoms with Crippen molar-refractivity contribution in [3.05, 3.63) is 71.0 Å². The molecule has 1 aliphatic rings. The molecule has 3 aromatic carbocycles. The highest BCUT2D eigenvalue weighted by Crippen LogP contribution is 2.37. The monoisotopic (exact) mass is 461 g/mol. The van der Waals surface area contributed by atoms with Crippen molar-refractivity contribution in [2.75, 3.05) is 25.5 Å². The molecule has 1 saturated heterocycles. The fourth-order valence-corrected chi connectivity index (χ4v) is 4.77. The van der Waals surface area contributed by atoms with Crippen LogP contribution in [-0.2, 0) is 11.3 Å². The van der Waals surface area contributed by atoms with Crippen molar-refractivity contribution in [3.8, 4) is 28.0 Å². The zero-order valence-corrected chi connectivity index (χ0v) is 20.0. The number of ether oxygens (including phenoxy) is 1. The topological polar surface area (TPSA) is 76.4 Å². The summed E-state index contributed by atoms with van der Waals surface area (Å²) in [5, 5.41) is 6.45. The van der Waals surface area contributed by atoms with E-state index in [1.165, 1.54) is 13.2 Å². The van der Waals surface area contributed by atoms with Gasteiger partial charge < -0.3 is 21.1 Å². The number of nitrogens with one attached hydrogen (secondary N) is 2. The van der Waals surface area contributed by atoms with Gasteiger partial charge in [-0.15, -0.1) is 0 Å². The number of rotatable bonds is 6. The Morgan fingerprint density at radius 1 is 1.06 bits per heavy atom. The van der Waals surface area contributed by atoms with E-state index in [2.05, 4.69) is 22.8 Å². The molecule has 0 radical (unpaired) electrons. The van der Waals surface area contributed by atoms with E-state index in [0.717, 1.165) is 65.0 Å². The Bertz CT molecular complexity index is 1200. The number of piperidine rings is 1. The first-order valence-electron chi connectivity index (χ1n) is 11.7. The van der Waals surface area contributed by atoms with Gasteiger partial charge in [0.2, 0.25) is 5.91 Å². The van der Waals surface area contributed by atoms with Crippen molar-refractivity contribution in [1.82, 2.24) is 5.32 Å². The maximum Gasteiger partial charge on any atom is 0.227 e. The molecule has 0 aromatic heterocycles. The first-order chi connectivity index (χ1) is 16.4. The lowest BCUT2D eigenvalue weighted by Gasteiger charge is -2.23. The molecule has 3 aromatic rings. The Kier molecular flexibility index (Phi) is 7.29. The maximum atomic E-state index is 14.7. The molecule has 1 heterocycles. The number of hydrogen-bond donors (Lipinski definition) is 3. The molecule has 6 heteroatoms. The minimum absolute atomic E-state index is 0.0377. The summed E-state index contributed by atoms with van der Waals surface area (Å²) in [6.45, 7) is 5.88. The normalized spacial score (nSPS) is 14.1. The minimum Gasteiger partial charge on any atom is -0.496 e. The summed E-state index contributed by atoms with van der Waals surface area (Å²) < 4.78 is 20.1. The van der Waals surface area contributed by atoms with Gasteiger partial charge in [0.1, 0.15) is 11.6 Å². The molecule has 1 amide bonds. The zero-order valence-electron chi connectivity index (χ0n) is 20.0. The lowest BCUT2D eigenvalue weighted by Crippen LogP contribution is -2.34. The van der Waals surface area contributed by atoms with Gasteiger partial charge in [-0.2, -0.15) is 0 Å². The van der Waals surface area contributed by atoms with Gasteiger partial charge in [0.05, 0.1) is 7.11 Å². The van der Waals surface area contributed by atoms with E-state index in [-0.39, 0.29) is 24.2 Å². The number of nitrogens with two attached hydrogens (primary N) is 1. The molecule has 0 aliphatic carbocycles. The van der Waals surface area contributed by atoms with Crippen molar-refractivity contribution < 1.29 is 13.9 Å². The smallest absolute Gasteiger partial charge is 0.227 e. The van der Waals surface area contributed by atoms with Crippen LogP contribution in [0.4, 0.5) is 10.1 Å². The van der Waals surface area contributed by atoms with E-state index in [4.69, 9.17) is 10.5 Å². The lowest BCUT2D eigenvalue weighted by atomic mass is 9.90. The standard InChI is InChI=1S/C28H32FN3O2/c1-17-21(20-14-25(29)24(16-30)27(15-20)34-3)6-4-7-22(17)23-8-5-9-26(18(23)2)32-28(33)19-10-12-31-13-11-19/h4-9,14-15,19,31H,10-13,16,30H2,1-3H3,(H,32,33). The molecule has 0 bridgehead atoms. The Labute approximate surface area is 200 Å². The molecule has 0 saturated carbocycles. The molecule has 1 aliphatic heterocycles. The molecule has 0 unspecified atom stereocenters. The van der Waals surface area contributed by atoms with Gasteiger partial charge in [-0.3, -0.25) is 4.79 Å². The zero-order chi connectivity index (χ0) is 24.2. The van der Waals surface area contributed by atoms with Crippen molar-refractivity contribution in [1.29, 1.82) is 0 Å². The van der Waals surface area contributed by atoms with Crippen LogP contribution in [0.25, 0.3) is 22.3 Å². The van der Waals surface area contributed by atoms with Gasteiger partial charge >= 0.3 is 0 Å². The van der Waals surface area contributed by atoms with Crippen molar-refractivity contribution in [3.63, 3.8) is 0 Å². The number of halogens is 1. The van der Waals surface area contributed by atoms with Crippen LogP contribution < -0.4 is 21.1 Å². The fourth-order valence-electron chi connectivity index (χ4n) is 4.77. The predicted octanol–water partition coefficient (Wildman–Crippen LogP) is 5.18. The van der Waals surface area contributed by atoms with Crippen LogP contribution in [0.15, 0.2) is 48.5 Å². The Balaban J connectivity index is 1.70. The van der Waals surface area contributed by atoms with E-state index in [0.29, 0.717) is 11.3 Å². The Morgan fingerprint density at radius 2 is 1.71 bits per heavy atom. The van der Waals surface area contributed by atoms with E-state index < -0.39 is 0 Å². The summed E-state index contributed by atoms with van der Waals surface area (Å²) in [6, 6.07) is 15.3. The molecular weight excluding hydrogens is 429 g/mol. The largest absolute Gasteiger partial charge is 0.496 e. The summed E-state index contributed by atoms with van der Waals surface area (Å²) in [6.07, 6.45) is 1.71. The summed E-state index contributed by atoms with van der Waals surface area (Å²) in [7, 11) is 1.52. The first-order valence-corrected chi connectivity index (χ1v) is 11.7. The molecule has 0 spiro atoms. The van der Waals surface area contributed by atoms with Gasteiger partial charge in [-0.1, -0.05) is 30.3 Å². The second kappa shape index (κ2) is 10.4. The van der Waals surface area contributed by atoms with E-state index in [1.54, 1.807) is 0 Å². The number of benzene rings is 3. The summed E-state index contributed by atoms with van der Waals surface area (Å²) in [5.41, 5.74) is 12.7. The number of hydrogen-bond acceptors (Lipinski definition) is 4. The number of methoxy groups -OCH3 is 1. The van der Waals surface area contributed by atoms with Crippen LogP contribution >= 0.6 is 0 Å². The highest BCUT2D eigenvalue weighted by atomic mass is 19.1. The fraction of sp³-hybridized carbons (Fsp3) is 0.321. The molecule has 34 heavy (non-hydrogen) atoms. The number of amides is 1. The Morgan fingerprint density at radius 3 is 2.38 bits per heavy atom.